The van der Waals surface area contributed by atoms with Crippen LogP contribution in [0, 0.1) is 5.92 Å². The maximum atomic E-state index is 4.34. The van der Waals surface area contributed by atoms with Crippen molar-refractivity contribution in [2.24, 2.45) is 5.92 Å². The summed E-state index contributed by atoms with van der Waals surface area (Å²) in [5, 5.41) is 7.63. The van der Waals surface area contributed by atoms with Gasteiger partial charge in [0, 0.05) is 23.7 Å². The zero-order valence-corrected chi connectivity index (χ0v) is 14.3. The highest BCUT2D eigenvalue weighted by molar-refractivity contribution is 5.65. The zero-order valence-electron chi connectivity index (χ0n) is 14.3. The van der Waals surface area contributed by atoms with E-state index in [0.29, 0.717) is 5.92 Å². The highest BCUT2D eigenvalue weighted by Crippen LogP contribution is 2.34. The van der Waals surface area contributed by atoms with Gasteiger partial charge in [0.1, 0.15) is 0 Å². The van der Waals surface area contributed by atoms with Crippen molar-refractivity contribution in [1.29, 1.82) is 0 Å². The van der Waals surface area contributed by atoms with E-state index in [9.17, 15) is 0 Å². The fraction of sp³-hybridized carbons (Fsp3) is 0.476. The van der Waals surface area contributed by atoms with E-state index in [0.717, 1.165) is 5.92 Å². The molecule has 1 saturated heterocycles. The van der Waals surface area contributed by atoms with Crippen LogP contribution < -0.4 is 0 Å². The van der Waals surface area contributed by atoms with Gasteiger partial charge in [-0.3, -0.25) is 5.10 Å². The molecule has 0 bridgehead atoms. The first-order chi connectivity index (χ1) is 11.9. The summed E-state index contributed by atoms with van der Waals surface area (Å²) in [5.41, 5.74) is 3.89. The molecular weight excluding hydrogens is 294 g/mol. The summed E-state index contributed by atoms with van der Waals surface area (Å²) in [5.74, 6) is 1.49. The summed E-state index contributed by atoms with van der Waals surface area (Å²) >= 11 is 0. The Morgan fingerprint density at radius 2 is 1.88 bits per heavy atom. The molecule has 0 unspecified atom stereocenters. The van der Waals surface area contributed by atoms with Crippen molar-refractivity contribution < 1.29 is 0 Å². The lowest BCUT2D eigenvalue weighted by molar-refractivity contribution is 0.177. The van der Waals surface area contributed by atoms with E-state index in [2.05, 4.69) is 57.6 Å². The Labute approximate surface area is 144 Å². The molecule has 24 heavy (non-hydrogen) atoms. The van der Waals surface area contributed by atoms with Gasteiger partial charge in [-0.2, -0.15) is 5.10 Å². The molecule has 1 fully saturated rings. The number of H-pyrrole nitrogens is 1. The number of aromatic nitrogens is 2. The van der Waals surface area contributed by atoms with E-state index in [1.807, 2.05) is 6.20 Å². The lowest BCUT2D eigenvalue weighted by atomic mass is 9.88. The molecule has 1 aromatic heterocycles. The number of allylic oxidation sites excluding steroid dienone is 2. The Balaban J connectivity index is 1.38. The largest absolute Gasteiger partial charge is 0.303 e. The Morgan fingerprint density at radius 3 is 2.62 bits per heavy atom. The SMILES string of the molecule is C1=CC[C@H](CN2CCC(c3[nH]ncc3-c3ccccc3)CC2)CC1. The first-order valence-corrected chi connectivity index (χ1v) is 9.36. The predicted molar refractivity (Wildman–Crippen MR) is 98.9 cm³/mol. The number of piperidine rings is 1. The van der Waals surface area contributed by atoms with Crippen LogP contribution in [0.15, 0.2) is 48.7 Å². The number of hydrogen-bond acceptors (Lipinski definition) is 2. The van der Waals surface area contributed by atoms with Gasteiger partial charge in [0.05, 0.1) is 6.20 Å². The van der Waals surface area contributed by atoms with Crippen LogP contribution >= 0.6 is 0 Å². The fourth-order valence-electron chi connectivity index (χ4n) is 4.25. The van der Waals surface area contributed by atoms with Crippen LogP contribution in [-0.2, 0) is 0 Å². The van der Waals surface area contributed by atoms with E-state index in [4.69, 9.17) is 0 Å². The Kier molecular flexibility index (Phi) is 4.79. The average molecular weight is 321 g/mol. The lowest BCUT2D eigenvalue weighted by Crippen LogP contribution is -2.37. The average Bonchev–Trinajstić information content (AvgIpc) is 3.14. The molecule has 1 aromatic carbocycles. The van der Waals surface area contributed by atoms with Gasteiger partial charge >= 0.3 is 0 Å². The van der Waals surface area contributed by atoms with Gasteiger partial charge in [0.2, 0.25) is 0 Å². The van der Waals surface area contributed by atoms with Crippen LogP contribution in [0.25, 0.3) is 11.1 Å². The molecule has 1 aliphatic heterocycles. The molecule has 126 valence electrons. The third kappa shape index (κ3) is 3.46. The van der Waals surface area contributed by atoms with Crippen LogP contribution in [0.5, 0.6) is 0 Å². The Morgan fingerprint density at radius 1 is 1.04 bits per heavy atom. The lowest BCUT2D eigenvalue weighted by Gasteiger charge is -2.34. The van der Waals surface area contributed by atoms with E-state index in [-0.39, 0.29) is 0 Å². The molecule has 0 spiro atoms. The fourth-order valence-corrected chi connectivity index (χ4v) is 4.25. The van der Waals surface area contributed by atoms with Crippen molar-refractivity contribution >= 4 is 0 Å². The summed E-state index contributed by atoms with van der Waals surface area (Å²) in [6.45, 7) is 3.72. The van der Waals surface area contributed by atoms with E-state index < -0.39 is 0 Å². The second-order valence-corrected chi connectivity index (χ2v) is 7.29. The molecule has 1 atom stereocenters. The first kappa shape index (κ1) is 15.6. The first-order valence-electron chi connectivity index (χ1n) is 9.36. The molecule has 2 aliphatic rings. The van der Waals surface area contributed by atoms with Gasteiger partial charge in [-0.05, 0) is 56.7 Å². The summed E-state index contributed by atoms with van der Waals surface area (Å²) in [4.78, 5) is 2.68. The van der Waals surface area contributed by atoms with Crippen molar-refractivity contribution in [2.75, 3.05) is 19.6 Å². The third-order valence-corrected chi connectivity index (χ3v) is 5.64. The number of aromatic amines is 1. The van der Waals surface area contributed by atoms with Gasteiger partial charge in [0.25, 0.3) is 0 Å². The van der Waals surface area contributed by atoms with Crippen LogP contribution in [-0.4, -0.2) is 34.7 Å². The molecule has 0 radical (unpaired) electrons. The minimum absolute atomic E-state index is 0.616. The number of hydrogen-bond donors (Lipinski definition) is 1. The quantitative estimate of drug-likeness (QED) is 0.834. The molecular formula is C21H27N3. The van der Waals surface area contributed by atoms with Crippen LogP contribution in [0.1, 0.15) is 43.7 Å². The van der Waals surface area contributed by atoms with Gasteiger partial charge in [0.15, 0.2) is 0 Å². The molecule has 2 aromatic rings. The minimum atomic E-state index is 0.616. The van der Waals surface area contributed by atoms with Crippen LogP contribution in [0.2, 0.25) is 0 Å². The molecule has 0 saturated carbocycles. The minimum Gasteiger partial charge on any atom is -0.303 e. The summed E-state index contributed by atoms with van der Waals surface area (Å²) < 4.78 is 0. The number of nitrogens with zero attached hydrogens (tertiary/aromatic N) is 2. The Bertz CT molecular complexity index is 665. The van der Waals surface area contributed by atoms with Crippen molar-refractivity contribution in [1.82, 2.24) is 15.1 Å². The van der Waals surface area contributed by atoms with E-state index in [1.54, 1.807) is 0 Å². The molecule has 0 amide bonds. The smallest absolute Gasteiger partial charge is 0.0568 e. The summed E-state index contributed by atoms with van der Waals surface area (Å²) in [7, 11) is 0. The second kappa shape index (κ2) is 7.35. The van der Waals surface area contributed by atoms with E-state index in [1.165, 1.54) is 68.6 Å². The van der Waals surface area contributed by atoms with Gasteiger partial charge in [-0.25, -0.2) is 0 Å². The predicted octanol–water partition coefficient (Wildman–Crippen LogP) is 4.61. The normalized spacial score (nSPS) is 22.8. The second-order valence-electron chi connectivity index (χ2n) is 7.29. The summed E-state index contributed by atoms with van der Waals surface area (Å²) in [6, 6.07) is 10.6. The number of likely N-dealkylation sites (tertiary alicyclic amines) is 1. The third-order valence-electron chi connectivity index (χ3n) is 5.64. The van der Waals surface area contributed by atoms with Gasteiger partial charge < -0.3 is 4.90 Å². The molecule has 1 N–H and O–H groups in total. The molecule has 1 aliphatic carbocycles. The maximum Gasteiger partial charge on any atom is 0.0568 e. The standard InChI is InChI=1S/C21H27N3/c1-3-7-17(8-4-1)16-24-13-11-19(12-14-24)21-20(15-22-23-21)18-9-5-2-6-10-18/h1-3,5-6,9-10,15,17,19H,4,7-8,11-14,16H2,(H,22,23)/t17-/m0/s1. The maximum absolute atomic E-state index is 4.34. The van der Waals surface area contributed by atoms with Crippen LogP contribution in [0.3, 0.4) is 0 Å². The zero-order chi connectivity index (χ0) is 16.2. The Hall–Kier alpha value is -1.87. The number of benzene rings is 1. The van der Waals surface area contributed by atoms with Crippen LogP contribution in [0.4, 0.5) is 0 Å². The van der Waals surface area contributed by atoms with Gasteiger partial charge in [-0.15, -0.1) is 0 Å². The van der Waals surface area contributed by atoms with Crippen molar-refractivity contribution in [3.8, 4) is 11.1 Å². The van der Waals surface area contributed by atoms with Gasteiger partial charge in [-0.1, -0.05) is 42.5 Å². The number of rotatable bonds is 4. The highest BCUT2D eigenvalue weighted by Gasteiger charge is 2.25. The number of nitrogens with one attached hydrogen (secondary N) is 1. The monoisotopic (exact) mass is 321 g/mol. The van der Waals surface area contributed by atoms with Crippen molar-refractivity contribution in [3.63, 3.8) is 0 Å². The molecule has 3 nitrogen and oxygen atoms in total. The molecule has 4 rings (SSSR count). The van der Waals surface area contributed by atoms with Crippen molar-refractivity contribution in [2.45, 2.75) is 38.0 Å². The summed E-state index contributed by atoms with van der Waals surface area (Å²) in [6.07, 6.45) is 13.1. The molecule has 3 heteroatoms. The topological polar surface area (TPSA) is 31.9 Å². The van der Waals surface area contributed by atoms with Crippen molar-refractivity contribution in [3.05, 3.63) is 54.4 Å². The highest BCUT2D eigenvalue weighted by atomic mass is 15.1. The van der Waals surface area contributed by atoms with E-state index >= 15 is 0 Å². The molecule has 2 heterocycles.